The zero-order chi connectivity index (χ0) is 15.8. The van der Waals surface area contributed by atoms with Gasteiger partial charge in [-0.15, -0.1) is 11.8 Å². The van der Waals surface area contributed by atoms with Crippen LogP contribution in [0.1, 0.15) is 19.4 Å². The van der Waals surface area contributed by atoms with E-state index in [4.69, 9.17) is 4.84 Å². The minimum absolute atomic E-state index is 0.0909. The van der Waals surface area contributed by atoms with Crippen LogP contribution in [0.3, 0.4) is 0 Å². The molecular weight excluding hydrogens is 294 g/mol. The van der Waals surface area contributed by atoms with E-state index in [2.05, 4.69) is 24.5 Å². The van der Waals surface area contributed by atoms with Gasteiger partial charge in [0, 0.05) is 16.1 Å². The average Bonchev–Trinajstić information content (AvgIpc) is 2.56. The van der Waals surface area contributed by atoms with Gasteiger partial charge in [0.05, 0.1) is 6.61 Å². The number of rotatable bonds is 7. The molecule has 0 fully saturated rings. The van der Waals surface area contributed by atoms with Crippen molar-refractivity contribution in [1.29, 1.82) is 0 Å². The quantitative estimate of drug-likeness (QED) is 0.619. The Balaban J connectivity index is 1.76. The molecule has 2 rings (SSSR count). The molecule has 2 aromatic carbocycles. The molecule has 4 heteroatoms. The summed E-state index contributed by atoms with van der Waals surface area (Å²) in [5, 5.41) is 0.169. The summed E-state index contributed by atoms with van der Waals surface area (Å²) in [5.41, 5.74) is 3.58. The first kappa shape index (κ1) is 16.6. The molecule has 0 bridgehead atoms. The third-order valence-corrected chi connectivity index (χ3v) is 4.76. The SMILES string of the molecule is C[C@H](Sc1ccccc1)[C@@H](C)C(=O)NOCc1ccccc1. The summed E-state index contributed by atoms with van der Waals surface area (Å²) < 4.78 is 0. The Morgan fingerprint density at radius 3 is 2.27 bits per heavy atom. The van der Waals surface area contributed by atoms with Crippen molar-refractivity contribution >= 4 is 17.7 Å². The fourth-order valence-corrected chi connectivity index (χ4v) is 2.96. The maximum atomic E-state index is 12.1. The van der Waals surface area contributed by atoms with E-state index in [-0.39, 0.29) is 17.1 Å². The molecule has 0 radical (unpaired) electrons. The van der Waals surface area contributed by atoms with Crippen molar-refractivity contribution < 1.29 is 9.63 Å². The second-order valence-corrected chi connectivity index (χ2v) is 6.62. The van der Waals surface area contributed by atoms with Crippen molar-refractivity contribution in [2.24, 2.45) is 5.92 Å². The molecule has 0 aliphatic carbocycles. The summed E-state index contributed by atoms with van der Waals surface area (Å²) in [5.74, 6) is -0.229. The van der Waals surface area contributed by atoms with Crippen molar-refractivity contribution in [3.8, 4) is 0 Å². The van der Waals surface area contributed by atoms with Crippen LogP contribution in [-0.2, 0) is 16.2 Å². The lowest BCUT2D eigenvalue weighted by Crippen LogP contribution is -2.33. The van der Waals surface area contributed by atoms with Gasteiger partial charge in [-0.3, -0.25) is 9.63 Å². The van der Waals surface area contributed by atoms with Crippen LogP contribution in [0.5, 0.6) is 0 Å². The third kappa shape index (κ3) is 5.20. The lowest BCUT2D eigenvalue weighted by molar-refractivity contribution is -0.138. The molecular formula is C18H21NO2S. The van der Waals surface area contributed by atoms with Crippen LogP contribution in [0.15, 0.2) is 65.6 Å². The summed E-state index contributed by atoms with van der Waals surface area (Å²) in [6.45, 7) is 4.35. The predicted octanol–water partition coefficient (Wildman–Crippen LogP) is 4.05. The molecule has 22 heavy (non-hydrogen) atoms. The van der Waals surface area contributed by atoms with Gasteiger partial charge in [0.1, 0.15) is 0 Å². The molecule has 0 unspecified atom stereocenters. The highest BCUT2D eigenvalue weighted by atomic mass is 32.2. The van der Waals surface area contributed by atoms with E-state index in [1.807, 2.05) is 55.5 Å². The van der Waals surface area contributed by atoms with Crippen LogP contribution in [0.2, 0.25) is 0 Å². The number of thioether (sulfide) groups is 1. The second-order valence-electron chi connectivity index (χ2n) is 5.17. The molecule has 0 heterocycles. The van der Waals surface area contributed by atoms with Crippen LogP contribution in [0.4, 0.5) is 0 Å². The van der Waals surface area contributed by atoms with Gasteiger partial charge in [0.25, 0.3) is 0 Å². The van der Waals surface area contributed by atoms with Crippen LogP contribution < -0.4 is 5.48 Å². The van der Waals surface area contributed by atoms with Crippen LogP contribution in [0.25, 0.3) is 0 Å². The molecule has 1 N–H and O–H groups in total. The molecule has 116 valence electrons. The van der Waals surface area contributed by atoms with Crippen LogP contribution >= 0.6 is 11.8 Å². The highest BCUT2D eigenvalue weighted by molar-refractivity contribution is 8.00. The van der Waals surface area contributed by atoms with E-state index in [1.54, 1.807) is 11.8 Å². The summed E-state index contributed by atoms with van der Waals surface area (Å²) in [6, 6.07) is 19.9. The molecule has 0 saturated carbocycles. The largest absolute Gasteiger partial charge is 0.272 e. The topological polar surface area (TPSA) is 38.3 Å². The van der Waals surface area contributed by atoms with Gasteiger partial charge in [-0.05, 0) is 17.7 Å². The highest BCUT2D eigenvalue weighted by Gasteiger charge is 2.21. The Hall–Kier alpha value is -1.78. The lowest BCUT2D eigenvalue weighted by Gasteiger charge is -2.18. The minimum Gasteiger partial charge on any atom is -0.272 e. The first-order valence-electron chi connectivity index (χ1n) is 7.34. The smallest absolute Gasteiger partial charge is 0.247 e. The number of hydrogen-bond acceptors (Lipinski definition) is 3. The van der Waals surface area contributed by atoms with E-state index >= 15 is 0 Å². The van der Waals surface area contributed by atoms with Crippen molar-refractivity contribution in [3.63, 3.8) is 0 Å². The third-order valence-electron chi connectivity index (χ3n) is 3.44. The molecule has 0 saturated heterocycles. The number of hydrogen-bond donors (Lipinski definition) is 1. The molecule has 1 amide bonds. The summed E-state index contributed by atoms with van der Waals surface area (Å²) in [6.07, 6.45) is 0. The zero-order valence-electron chi connectivity index (χ0n) is 12.9. The Morgan fingerprint density at radius 1 is 1.05 bits per heavy atom. The second kappa shape index (κ2) is 8.61. The lowest BCUT2D eigenvalue weighted by atomic mass is 10.1. The fourth-order valence-electron chi connectivity index (χ4n) is 1.89. The van der Waals surface area contributed by atoms with E-state index in [0.29, 0.717) is 6.61 Å². The Morgan fingerprint density at radius 2 is 1.64 bits per heavy atom. The van der Waals surface area contributed by atoms with Gasteiger partial charge in [-0.2, -0.15) is 0 Å². The first-order valence-corrected chi connectivity index (χ1v) is 8.22. The molecule has 0 aliphatic heterocycles. The van der Waals surface area contributed by atoms with Crippen LogP contribution in [-0.4, -0.2) is 11.2 Å². The Bertz CT molecular complexity index is 574. The maximum absolute atomic E-state index is 12.1. The van der Waals surface area contributed by atoms with Crippen molar-refractivity contribution in [2.75, 3.05) is 0 Å². The summed E-state index contributed by atoms with van der Waals surface area (Å²) >= 11 is 1.69. The molecule has 2 aromatic rings. The molecule has 0 spiro atoms. The monoisotopic (exact) mass is 315 g/mol. The fraction of sp³-hybridized carbons (Fsp3) is 0.278. The number of amides is 1. The van der Waals surface area contributed by atoms with Crippen molar-refractivity contribution in [2.45, 2.75) is 30.6 Å². The summed E-state index contributed by atoms with van der Waals surface area (Å²) in [7, 11) is 0. The number of nitrogens with one attached hydrogen (secondary N) is 1. The normalized spacial score (nSPS) is 13.4. The van der Waals surface area contributed by atoms with E-state index in [9.17, 15) is 4.79 Å². The van der Waals surface area contributed by atoms with Crippen LogP contribution in [0, 0.1) is 5.92 Å². The van der Waals surface area contributed by atoms with Gasteiger partial charge in [-0.25, -0.2) is 5.48 Å². The van der Waals surface area contributed by atoms with E-state index in [1.165, 1.54) is 4.90 Å². The Kier molecular flexibility index (Phi) is 6.49. The number of carbonyl (C=O) groups excluding carboxylic acids is 1. The van der Waals surface area contributed by atoms with E-state index < -0.39 is 0 Å². The summed E-state index contributed by atoms with van der Waals surface area (Å²) in [4.78, 5) is 18.6. The number of carbonyl (C=O) groups is 1. The standard InChI is InChI=1S/C18H21NO2S/c1-14(15(2)22-17-11-7-4-8-12-17)18(20)19-21-13-16-9-5-3-6-10-16/h3-12,14-15H,13H2,1-2H3,(H,19,20)/t14-,15+/m1/s1. The van der Waals surface area contributed by atoms with Crippen molar-refractivity contribution in [3.05, 3.63) is 66.2 Å². The minimum atomic E-state index is -0.138. The van der Waals surface area contributed by atoms with E-state index in [0.717, 1.165) is 5.56 Å². The average molecular weight is 315 g/mol. The van der Waals surface area contributed by atoms with Gasteiger partial charge in [0.2, 0.25) is 5.91 Å². The predicted molar refractivity (Wildman–Crippen MR) is 90.3 cm³/mol. The molecule has 2 atom stereocenters. The molecule has 0 aromatic heterocycles. The maximum Gasteiger partial charge on any atom is 0.247 e. The Labute approximate surface area is 136 Å². The molecule has 0 aliphatic rings. The van der Waals surface area contributed by atoms with Gasteiger partial charge in [-0.1, -0.05) is 62.4 Å². The van der Waals surface area contributed by atoms with Crippen molar-refractivity contribution in [1.82, 2.24) is 5.48 Å². The first-order chi connectivity index (χ1) is 10.7. The highest BCUT2D eigenvalue weighted by Crippen LogP contribution is 2.27. The number of benzene rings is 2. The zero-order valence-corrected chi connectivity index (χ0v) is 13.7. The van der Waals surface area contributed by atoms with Gasteiger partial charge >= 0.3 is 0 Å². The number of hydroxylamine groups is 1. The molecule has 3 nitrogen and oxygen atoms in total. The van der Waals surface area contributed by atoms with Gasteiger partial charge in [0.15, 0.2) is 0 Å². The van der Waals surface area contributed by atoms with Gasteiger partial charge < -0.3 is 0 Å².